The van der Waals surface area contributed by atoms with Crippen molar-refractivity contribution in [1.82, 2.24) is 25.3 Å². The number of carbonyl (C=O) groups excluding carboxylic acids is 2. The summed E-state index contributed by atoms with van der Waals surface area (Å²) < 4.78 is 1.69. The average Bonchev–Trinajstić information content (AvgIpc) is 3.03. The summed E-state index contributed by atoms with van der Waals surface area (Å²) in [7, 11) is 1.83. The van der Waals surface area contributed by atoms with Crippen molar-refractivity contribution in [1.29, 1.82) is 0 Å². The van der Waals surface area contributed by atoms with Crippen molar-refractivity contribution in [2.45, 2.75) is 32.5 Å². The Bertz CT molecular complexity index is 768. The van der Waals surface area contributed by atoms with Gasteiger partial charge in [-0.1, -0.05) is 29.8 Å². The molecule has 7 heteroatoms. The molecule has 1 aromatic heterocycles. The number of hydrogen-bond acceptors (Lipinski definition) is 4. The number of carbonyl (C=O) groups is 2. The van der Waals surface area contributed by atoms with E-state index < -0.39 is 6.04 Å². The van der Waals surface area contributed by atoms with Gasteiger partial charge >= 0.3 is 0 Å². The smallest absolute Gasteiger partial charge is 0.237 e. The van der Waals surface area contributed by atoms with Gasteiger partial charge in [0.2, 0.25) is 11.8 Å². The van der Waals surface area contributed by atoms with Gasteiger partial charge in [0.25, 0.3) is 0 Å². The summed E-state index contributed by atoms with van der Waals surface area (Å²) in [4.78, 5) is 26.7. The fourth-order valence-electron chi connectivity index (χ4n) is 3.11. The Morgan fingerprint density at radius 3 is 2.77 bits per heavy atom. The topological polar surface area (TPSA) is 79.3 Å². The molecule has 0 spiro atoms. The molecule has 2 amide bonds. The summed E-state index contributed by atoms with van der Waals surface area (Å²) >= 11 is 0. The first kappa shape index (κ1) is 18.1. The fourth-order valence-corrected chi connectivity index (χ4v) is 3.11. The monoisotopic (exact) mass is 355 g/mol. The molecular weight excluding hydrogens is 330 g/mol. The van der Waals surface area contributed by atoms with Crippen molar-refractivity contribution in [3.63, 3.8) is 0 Å². The van der Waals surface area contributed by atoms with E-state index in [1.54, 1.807) is 10.9 Å². The van der Waals surface area contributed by atoms with Gasteiger partial charge in [0.15, 0.2) is 0 Å². The highest BCUT2D eigenvalue weighted by atomic mass is 16.2. The molecule has 1 fully saturated rings. The van der Waals surface area contributed by atoms with Gasteiger partial charge in [-0.15, -0.1) is 0 Å². The van der Waals surface area contributed by atoms with Crippen LogP contribution in [0.3, 0.4) is 0 Å². The van der Waals surface area contributed by atoms with E-state index in [-0.39, 0.29) is 18.2 Å². The Morgan fingerprint density at radius 1 is 1.31 bits per heavy atom. The number of amides is 2. The molecule has 2 N–H and O–H groups in total. The highest BCUT2D eigenvalue weighted by molar-refractivity contribution is 5.88. The van der Waals surface area contributed by atoms with Gasteiger partial charge in [-0.25, -0.2) is 0 Å². The lowest BCUT2D eigenvalue weighted by molar-refractivity contribution is -0.134. The van der Waals surface area contributed by atoms with Crippen LogP contribution in [-0.4, -0.2) is 45.6 Å². The van der Waals surface area contributed by atoms with E-state index in [1.165, 1.54) is 5.56 Å². The lowest BCUT2D eigenvalue weighted by Gasteiger charge is -2.34. The minimum absolute atomic E-state index is 0.0834. The lowest BCUT2D eigenvalue weighted by atomic mass is 10.1. The molecule has 26 heavy (non-hydrogen) atoms. The van der Waals surface area contributed by atoms with Gasteiger partial charge in [0.1, 0.15) is 0 Å². The van der Waals surface area contributed by atoms with Crippen molar-refractivity contribution in [3.05, 3.63) is 53.3 Å². The SMILES string of the molecule is Cc1ccc(CN2CCNC(=O)C2CC(=O)NCc2cnn(C)c2)cc1. The quantitative estimate of drug-likeness (QED) is 0.801. The Morgan fingerprint density at radius 2 is 2.08 bits per heavy atom. The van der Waals surface area contributed by atoms with Crippen molar-refractivity contribution in [2.75, 3.05) is 13.1 Å². The second kappa shape index (κ2) is 8.14. The Hall–Kier alpha value is -2.67. The summed E-state index contributed by atoms with van der Waals surface area (Å²) in [5.74, 6) is -0.218. The van der Waals surface area contributed by atoms with Gasteiger partial charge in [-0.05, 0) is 12.5 Å². The van der Waals surface area contributed by atoms with Crippen LogP contribution in [0.5, 0.6) is 0 Å². The normalized spacial score (nSPS) is 17.8. The first-order chi connectivity index (χ1) is 12.5. The molecule has 0 bridgehead atoms. The molecule has 1 unspecified atom stereocenters. The Labute approximate surface area is 153 Å². The van der Waals surface area contributed by atoms with Gasteiger partial charge in [0, 0.05) is 45.0 Å². The maximum atomic E-state index is 12.3. The van der Waals surface area contributed by atoms with E-state index >= 15 is 0 Å². The van der Waals surface area contributed by atoms with E-state index in [4.69, 9.17) is 0 Å². The van der Waals surface area contributed by atoms with Crippen LogP contribution >= 0.6 is 0 Å². The first-order valence-corrected chi connectivity index (χ1v) is 8.83. The maximum absolute atomic E-state index is 12.3. The molecule has 1 aliphatic rings. The van der Waals surface area contributed by atoms with E-state index in [9.17, 15) is 9.59 Å². The summed E-state index contributed by atoms with van der Waals surface area (Å²) in [5.41, 5.74) is 3.29. The number of aryl methyl sites for hydroxylation is 2. The molecule has 1 saturated heterocycles. The zero-order chi connectivity index (χ0) is 18.5. The van der Waals surface area contributed by atoms with Crippen LogP contribution < -0.4 is 10.6 Å². The van der Waals surface area contributed by atoms with Crippen molar-refractivity contribution >= 4 is 11.8 Å². The summed E-state index contributed by atoms with van der Waals surface area (Å²) in [6, 6.07) is 7.83. The average molecular weight is 355 g/mol. The number of benzene rings is 1. The summed E-state index contributed by atoms with van der Waals surface area (Å²) in [6.45, 7) is 4.47. The first-order valence-electron chi connectivity index (χ1n) is 8.83. The van der Waals surface area contributed by atoms with Crippen LogP contribution in [-0.2, 0) is 29.7 Å². The van der Waals surface area contributed by atoms with Gasteiger partial charge in [-0.2, -0.15) is 5.10 Å². The standard InChI is InChI=1S/C19H25N5O2/c1-14-3-5-15(6-4-14)13-24-8-7-20-19(26)17(24)9-18(25)21-10-16-11-22-23(2)12-16/h3-6,11-12,17H,7-10,13H2,1-2H3,(H,20,26)(H,21,25). The zero-order valence-corrected chi connectivity index (χ0v) is 15.2. The summed E-state index contributed by atoms with van der Waals surface area (Å²) in [6.07, 6.45) is 3.73. The molecular formula is C19H25N5O2. The third-order valence-corrected chi connectivity index (χ3v) is 4.57. The highest BCUT2D eigenvalue weighted by Gasteiger charge is 2.31. The Kier molecular flexibility index (Phi) is 5.68. The van der Waals surface area contributed by atoms with Crippen molar-refractivity contribution in [2.24, 2.45) is 7.05 Å². The second-order valence-corrected chi connectivity index (χ2v) is 6.77. The number of hydrogen-bond donors (Lipinski definition) is 2. The predicted molar refractivity (Wildman–Crippen MR) is 98.1 cm³/mol. The minimum atomic E-state index is -0.445. The molecule has 138 valence electrons. The van der Waals surface area contributed by atoms with Crippen LogP contribution in [0.25, 0.3) is 0 Å². The largest absolute Gasteiger partial charge is 0.353 e. The van der Waals surface area contributed by atoms with Crippen LogP contribution in [0.15, 0.2) is 36.7 Å². The zero-order valence-electron chi connectivity index (χ0n) is 15.2. The third kappa shape index (κ3) is 4.70. The van der Waals surface area contributed by atoms with Gasteiger partial charge in [-0.3, -0.25) is 19.2 Å². The van der Waals surface area contributed by atoms with Crippen molar-refractivity contribution < 1.29 is 9.59 Å². The van der Waals surface area contributed by atoms with Gasteiger partial charge < -0.3 is 10.6 Å². The molecule has 0 aliphatic carbocycles. The summed E-state index contributed by atoms with van der Waals surface area (Å²) in [5, 5.41) is 9.82. The van der Waals surface area contributed by atoms with Crippen LogP contribution in [0.2, 0.25) is 0 Å². The molecule has 2 heterocycles. The highest BCUT2D eigenvalue weighted by Crippen LogP contribution is 2.14. The number of nitrogens with zero attached hydrogens (tertiary/aromatic N) is 3. The van der Waals surface area contributed by atoms with Crippen LogP contribution in [0.1, 0.15) is 23.1 Å². The molecule has 7 nitrogen and oxygen atoms in total. The molecule has 2 aromatic rings. The van der Waals surface area contributed by atoms with Crippen LogP contribution in [0, 0.1) is 6.92 Å². The van der Waals surface area contributed by atoms with E-state index in [1.807, 2.05) is 20.2 Å². The van der Waals surface area contributed by atoms with Crippen LogP contribution in [0.4, 0.5) is 0 Å². The van der Waals surface area contributed by atoms with Crippen molar-refractivity contribution in [3.8, 4) is 0 Å². The number of nitrogens with one attached hydrogen (secondary N) is 2. The lowest BCUT2D eigenvalue weighted by Crippen LogP contribution is -2.56. The predicted octanol–water partition coefficient (Wildman–Crippen LogP) is 0.735. The molecule has 1 aromatic carbocycles. The molecule has 3 rings (SSSR count). The maximum Gasteiger partial charge on any atom is 0.237 e. The Balaban J connectivity index is 1.59. The molecule has 1 atom stereocenters. The van der Waals surface area contributed by atoms with Gasteiger partial charge in [0.05, 0.1) is 18.7 Å². The number of aromatic nitrogens is 2. The third-order valence-electron chi connectivity index (χ3n) is 4.57. The minimum Gasteiger partial charge on any atom is -0.353 e. The molecule has 0 radical (unpaired) electrons. The molecule has 0 saturated carbocycles. The van der Waals surface area contributed by atoms with E-state index in [2.05, 4.69) is 44.9 Å². The molecule has 1 aliphatic heterocycles. The number of rotatable bonds is 6. The second-order valence-electron chi connectivity index (χ2n) is 6.77. The number of piperazine rings is 1. The fraction of sp³-hybridized carbons (Fsp3) is 0.421. The van der Waals surface area contributed by atoms with E-state index in [0.29, 0.717) is 19.6 Å². The van der Waals surface area contributed by atoms with E-state index in [0.717, 1.165) is 17.7 Å².